The fourth-order valence-electron chi connectivity index (χ4n) is 3.92. The van der Waals surface area contributed by atoms with E-state index in [4.69, 9.17) is 0 Å². The summed E-state index contributed by atoms with van der Waals surface area (Å²) in [7, 11) is 0. The minimum absolute atomic E-state index is 0.0935. The third-order valence-corrected chi connectivity index (χ3v) is 5.03. The fraction of sp³-hybridized carbons (Fsp3) is 0.611. The molecule has 1 N–H and O–H groups in total. The molecule has 0 amide bonds. The van der Waals surface area contributed by atoms with Gasteiger partial charge in [0.05, 0.1) is 11.2 Å². The van der Waals surface area contributed by atoms with Crippen molar-refractivity contribution in [3.8, 4) is 5.69 Å². The number of tetrazole rings is 1. The number of aromatic nitrogens is 4. The van der Waals surface area contributed by atoms with E-state index >= 15 is 0 Å². The molecule has 1 aliphatic rings. The Hall–Kier alpha value is -1.75. The number of nitrogens with zero attached hydrogens (tertiary/aromatic N) is 4. The van der Waals surface area contributed by atoms with E-state index in [0.717, 1.165) is 37.3 Å². The van der Waals surface area contributed by atoms with Gasteiger partial charge in [0.1, 0.15) is 0 Å². The summed E-state index contributed by atoms with van der Waals surface area (Å²) in [6.07, 6.45) is 6.95. The number of hydrogen-bond donors (Lipinski definition) is 1. The van der Waals surface area contributed by atoms with Crippen LogP contribution in [0.5, 0.6) is 0 Å². The van der Waals surface area contributed by atoms with Crippen LogP contribution in [0.4, 0.5) is 0 Å². The third-order valence-electron chi connectivity index (χ3n) is 5.03. The maximum absolute atomic E-state index is 4.46. The van der Waals surface area contributed by atoms with E-state index in [1.807, 2.05) is 4.68 Å². The van der Waals surface area contributed by atoms with Crippen molar-refractivity contribution < 1.29 is 0 Å². The first kappa shape index (κ1) is 16.1. The molecule has 1 fully saturated rings. The summed E-state index contributed by atoms with van der Waals surface area (Å²) in [4.78, 5) is 0. The summed E-state index contributed by atoms with van der Waals surface area (Å²) < 4.78 is 1.99. The molecule has 0 aliphatic heterocycles. The van der Waals surface area contributed by atoms with Gasteiger partial charge in [0.15, 0.2) is 5.82 Å². The third kappa shape index (κ3) is 2.90. The summed E-state index contributed by atoms with van der Waals surface area (Å²) >= 11 is 0. The highest BCUT2D eigenvalue weighted by Gasteiger charge is 2.38. The van der Waals surface area contributed by atoms with Crippen molar-refractivity contribution in [2.75, 3.05) is 6.54 Å². The highest BCUT2D eigenvalue weighted by atomic mass is 15.6. The van der Waals surface area contributed by atoms with Gasteiger partial charge in [-0.15, -0.1) is 5.10 Å². The monoisotopic (exact) mass is 313 g/mol. The second-order valence-corrected chi connectivity index (χ2v) is 6.52. The van der Waals surface area contributed by atoms with Crippen LogP contribution in [-0.4, -0.2) is 26.8 Å². The summed E-state index contributed by atoms with van der Waals surface area (Å²) in [6.45, 7) is 7.42. The quantitative estimate of drug-likeness (QED) is 0.920. The van der Waals surface area contributed by atoms with E-state index in [1.165, 1.54) is 30.4 Å². The Labute approximate surface area is 138 Å². The smallest absolute Gasteiger partial charge is 0.176 e. The molecule has 5 heteroatoms. The molecule has 0 unspecified atom stereocenters. The first-order valence-corrected chi connectivity index (χ1v) is 8.84. The van der Waals surface area contributed by atoms with Gasteiger partial charge in [-0.3, -0.25) is 0 Å². The van der Waals surface area contributed by atoms with E-state index in [1.54, 1.807) is 0 Å². The van der Waals surface area contributed by atoms with Gasteiger partial charge in [-0.1, -0.05) is 51.3 Å². The Kier molecular flexibility index (Phi) is 4.76. The summed E-state index contributed by atoms with van der Waals surface area (Å²) in [5, 5.41) is 16.6. The van der Waals surface area contributed by atoms with Gasteiger partial charge in [0.2, 0.25) is 0 Å². The molecule has 0 atom stereocenters. The molecular weight excluding hydrogens is 286 g/mol. The van der Waals surface area contributed by atoms with Crippen LogP contribution in [-0.2, 0) is 12.0 Å². The zero-order valence-corrected chi connectivity index (χ0v) is 14.5. The number of aryl methyl sites for hydroxylation is 2. The normalized spacial score (nSPS) is 17.3. The Balaban J connectivity index is 2.12. The standard InChI is InChI=1S/C18H27N5/c1-4-15-11-9-10-14(3)16(15)23-17(20-21-22-23)18(19-5-2)12-7-6-8-13-18/h9-11,19H,4-8,12-13H2,1-3H3. The fourth-order valence-corrected chi connectivity index (χ4v) is 3.92. The predicted molar refractivity (Wildman–Crippen MR) is 91.7 cm³/mol. The number of benzene rings is 1. The highest BCUT2D eigenvalue weighted by Crippen LogP contribution is 2.37. The van der Waals surface area contributed by atoms with Crippen molar-refractivity contribution >= 4 is 0 Å². The van der Waals surface area contributed by atoms with Crippen molar-refractivity contribution in [1.29, 1.82) is 0 Å². The van der Waals surface area contributed by atoms with Crippen LogP contribution in [0.15, 0.2) is 18.2 Å². The average molecular weight is 313 g/mol. The topological polar surface area (TPSA) is 55.6 Å². The molecule has 1 aliphatic carbocycles. The van der Waals surface area contributed by atoms with Gasteiger partial charge in [0.25, 0.3) is 0 Å². The van der Waals surface area contributed by atoms with Crippen molar-refractivity contribution in [3.63, 3.8) is 0 Å². The molecule has 0 saturated heterocycles. The van der Waals surface area contributed by atoms with Gasteiger partial charge in [-0.25, -0.2) is 0 Å². The lowest BCUT2D eigenvalue weighted by Crippen LogP contribution is -2.46. The van der Waals surface area contributed by atoms with Gasteiger partial charge < -0.3 is 5.32 Å². The maximum atomic E-state index is 4.46. The molecule has 3 rings (SSSR count). The van der Waals surface area contributed by atoms with Crippen molar-refractivity contribution in [2.24, 2.45) is 0 Å². The second kappa shape index (κ2) is 6.79. The summed E-state index contributed by atoms with van der Waals surface area (Å²) in [5.74, 6) is 0.975. The molecule has 23 heavy (non-hydrogen) atoms. The lowest BCUT2D eigenvalue weighted by atomic mass is 9.80. The van der Waals surface area contributed by atoms with E-state index < -0.39 is 0 Å². The minimum Gasteiger partial charge on any atom is -0.305 e. The molecule has 124 valence electrons. The Morgan fingerprint density at radius 3 is 2.65 bits per heavy atom. The zero-order chi connectivity index (χ0) is 16.3. The van der Waals surface area contributed by atoms with E-state index in [9.17, 15) is 0 Å². The van der Waals surface area contributed by atoms with Crippen LogP contribution in [0.25, 0.3) is 5.69 Å². The molecule has 5 nitrogen and oxygen atoms in total. The molecule has 1 heterocycles. The summed E-state index contributed by atoms with van der Waals surface area (Å²) in [6, 6.07) is 6.43. The molecule has 1 saturated carbocycles. The van der Waals surface area contributed by atoms with Gasteiger partial charge in [-0.05, 0) is 54.3 Å². The van der Waals surface area contributed by atoms with Gasteiger partial charge in [-0.2, -0.15) is 4.68 Å². The molecule has 0 spiro atoms. The lowest BCUT2D eigenvalue weighted by molar-refractivity contribution is 0.220. The lowest BCUT2D eigenvalue weighted by Gasteiger charge is -2.37. The number of rotatable bonds is 5. The van der Waals surface area contributed by atoms with Crippen LogP contribution in [0, 0.1) is 6.92 Å². The van der Waals surface area contributed by atoms with E-state index in [0.29, 0.717) is 0 Å². The number of hydrogen-bond acceptors (Lipinski definition) is 4. The summed E-state index contributed by atoms with van der Waals surface area (Å²) in [5.41, 5.74) is 3.57. The maximum Gasteiger partial charge on any atom is 0.176 e. The van der Waals surface area contributed by atoms with Crippen LogP contribution in [0.1, 0.15) is 62.9 Å². The molecular formula is C18H27N5. The van der Waals surface area contributed by atoms with Gasteiger partial charge in [0, 0.05) is 0 Å². The Bertz CT molecular complexity index is 650. The van der Waals surface area contributed by atoms with Crippen LogP contribution in [0.2, 0.25) is 0 Å². The SMILES string of the molecule is CCNC1(c2nnnn2-c2c(C)cccc2CC)CCCCC1. The Morgan fingerprint density at radius 2 is 1.96 bits per heavy atom. The van der Waals surface area contributed by atoms with E-state index in [-0.39, 0.29) is 5.54 Å². The largest absolute Gasteiger partial charge is 0.305 e. The predicted octanol–water partition coefficient (Wildman–Crippen LogP) is 3.30. The van der Waals surface area contributed by atoms with Crippen molar-refractivity contribution in [1.82, 2.24) is 25.5 Å². The first-order chi connectivity index (χ1) is 11.2. The number of para-hydroxylation sites is 1. The Morgan fingerprint density at radius 1 is 1.17 bits per heavy atom. The van der Waals surface area contributed by atoms with Crippen LogP contribution >= 0.6 is 0 Å². The van der Waals surface area contributed by atoms with Crippen LogP contribution in [0.3, 0.4) is 0 Å². The number of nitrogens with one attached hydrogen (secondary N) is 1. The molecule has 0 radical (unpaired) electrons. The molecule has 0 bridgehead atoms. The zero-order valence-electron chi connectivity index (χ0n) is 14.5. The second-order valence-electron chi connectivity index (χ2n) is 6.52. The molecule has 2 aromatic rings. The van der Waals surface area contributed by atoms with Crippen molar-refractivity contribution in [2.45, 2.75) is 64.8 Å². The average Bonchev–Trinajstić information content (AvgIpc) is 3.05. The first-order valence-electron chi connectivity index (χ1n) is 8.84. The van der Waals surface area contributed by atoms with Crippen molar-refractivity contribution in [3.05, 3.63) is 35.2 Å². The molecule has 1 aromatic heterocycles. The van der Waals surface area contributed by atoms with E-state index in [2.05, 4.69) is 59.8 Å². The van der Waals surface area contributed by atoms with Gasteiger partial charge >= 0.3 is 0 Å². The highest BCUT2D eigenvalue weighted by molar-refractivity contribution is 5.47. The minimum atomic E-state index is -0.0935. The molecule has 1 aromatic carbocycles. The van der Waals surface area contributed by atoms with Crippen LogP contribution < -0.4 is 5.32 Å².